The molecule has 4 rings (SSSR count). The number of fused-ring (bicyclic) bond motifs is 1. The number of aromatic carboxylic acids is 1. The molecule has 2 aliphatic rings. The van der Waals surface area contributed by atoms with Crippen molar-refractivity contribution in [3.63, 3.8) is 0 Å². The molecule has 2 heterocycles. The highest BCUT2D eigenvalue weighted by molar-refractivity contribution is 5.94. The average molecular weight is 405 g/mol. The van der Waals surface area contributed by atoms with E-state index in [9.17, 15) is 19.1 Å². The largest absolute Gasteiger partial charge is 0.477 e. The number of carboxylic acids is 1. The molecule has 2 N–H and O–H groups in total. The molecule has 1 aliphatic heterocycles. The van der Waals surface area contributed by atoms with Crippen LogP contribution in [0.25, 0.3) is 10.9 Å². The summed E-state index contributed by atoms with van der Waals surface area (Å²) in [6.45, 7) is 6.58. The van der Waals surface area contributed by atoms with E-state index in [1.54, 1.807) is 4.90 Å². The number of pyridine rings is 1. The number of hydrogen-bond acceptors (Lipinski definition) is 4. The summed E-state index contributed by atoms with van der Waals surface area (Å²) in [5, 5.41) is 12.4. The number of aromatic nitrogens is 1. The van der Waals surface area contributed by atoms with Gasteiger partial charge in [-0.1, -0.05) is 6.92 Å². The summed E-state index contributed by atoms with van der Waals surface area (Å²) in [5.74, 6) is -2.72. The van der Waals surface area contributed by atoms with Gasteiger partial charge in [0.05, 0.1) is 10.9 Å². The molecule has 1 aromatic carbocycles. The van der Waals surface area contributed by atoms with Gasteiger partial charge in [-0.25, -0.2) is 13.6 Å². The molecular weight excluding hydrogens is 380 g/mol. The highest BCUT2D eigenvalue weighted by atomic mass is 19.1. The van der Waals surface area contributed by atoms with E-state index in [0.717, 1.165) is 38.4 Å². The van der Waals surface area contributed by atoms with Crippen LogP contribution in [-0.2, 0) is 5.54 Å². The normalized spacial score (nSPS) is 20.4. The van der Waals surface area contributed by atoms with Gasteiger partial charge in [0.15, 0.2) is 5.82 Å². The van der Waals surface area contributed by atoms with Gasteiger partial charge in [-0.2, -0.15) is 0 Å². The Morgan fingerprint density at radius 2 is 2.10 bits per heavy atom. The number of carbonyl (C=O) groups is 1. The van der Waals surface area contributed by atoms with E-state index >= 15 is 4.39 Å². The summed E-state index contributed by atoms with van der Waals surface area (Å²) in [4.78, 5) is 25.8. The maximum Gasteiger partial charge on any atom is 0.341 e. The molecule has 0 radical (unpaired) electrons. The lowest BCUT2D eigenvalue weighted by atomic mass is 10.1. The van der Waals surface area contributed by atoms with Gasteiger partial charge in [0.1, 0.15) is 17.1 Å². The third kappa shape index (κ3) is 3.29. The van der Waals surface area contributed by atoms with Crippen LogP contribution >= 0.6 is 0 Å². The van der Waals surface area contributed by atoms with Crippen molar-refractivity contribution < 1.29 is 18.7 Å². The lowest BCUT2D eigenvalue weighted by molar-refractivity contribution is 0.0694. The summed E-state index contributed by atoms with van der Waals surface area (Å²) in [7, 11) is 0. The molecule has 0 bridgehead atoms. The Balaban J connectivity index is 1.88. The number of nitrogens with zero attached hydrogens (tertiary/aromatic N) is 2. The zero-order chi connectivity index (χ0) is 20.9. The number of anilines is 1. The maximum absolute atomic E-state index is 15.7. The Morgan fingerprint density at radius 3 is 2.72 bits per heavy atom. The number of hydrogen-bond donors (Lipinski definition) is 2. The van der Waals surface area contributed by atoms with Crippen molar-refractivity contribution in [2.24, 2.45) is 5.92 Å². The lowest BCUT2D eigenvalue weighted by Gasteiger charge is -2.24. The van der Waals surface area contributed by atoms with Gasteiger partial charge in [0.25, 0.3) is 0 Å². The van der Waals surface area contributed by atoms with Crippen LogP contribution in [0.3, 0.4) is 0 Å². The first-order valence-corrected chi connectivity index (χ1v) is 10.0. The van der Waals surface area contributed by atoms with Crippen LogP contribution in [0.15, 0.2) is 17.1 Å². The highest BCUT2D eigenvalue weighted by Gasteiger charge is 2.41. The summed E-state index contributed by atoms with van der Waals surface area (Å²) < 4.78 is 32.2. The van der Waals surface area contributed by atoms with E-state index in [-0.39, 0.29) is 16.6 Å². The zero-order valence-electron chi connectivity index (χ0n) is 16.6. The topological polar surface area (TPSA) is 74.6 Å². The van der Waals surface area contributed by atoms with E-state index in [0.29, 0.717) is 19.0 Å². The fourth-order valence-corrected chi connectivity index (χ4v) is 4.25. The van der Waals surface area contributed by atoms with E-state index in [2.05, 4.69) is 5.32 Å². The average Bonchev–Trinajstić information content (AvgIpc) is 3.24. The van der Waals surface area contributed by atoms with Crippen LogP contribution in [0.1, 0.15) is 43.5 Å². The minimum Gasteiger partial charge on any atom is -0.477 e. The van der Waals surface area contributed by atoms with Gasteiger partial charge in [-0.15, -0.1) is 0 Å². The molecule has 0 spiro atoms. The molecule has 1 saturated carbocycles. The maximum atomic E-state index is 15.7. The van der Waals surface area contributed by atoms with Gasteiger partial charge in [0.2, 0.25) is 5.43 Å². The van der Waals surface area contributed by atoms with Crippen LogP contribution in [-0.4, -0.2) is 41.8 Å². The number of halogens is 2. The minimum absolute atomic E-state index is 0.00784. The van der Waals surface area contributed by atoms with Crippen molar-refractivity contribution in [2.45, 2.75) is 38.6 Å². The Labute approximate surface area is 167 Å². The Bertz CT molecular complexity index is 1050. The van der Waals surface area contributed by atoms with Gasteiger partial charge in [0, 0.05) is 24.8 Å². The molecule has 2 aromatic rings. The van der Waals surface area contributed by atoms with Crippen molar-refractivity contribution >= 4 is 22.6 Å². The quantitative estimate of drug-likeness (QED) is 0.773. The third-order valence-corrected chi connectivity index (χ3v) is 6.23. The van der Waals surface area contributed by atoms with Crippen LogP contribution in [0.4, 0.5) is 14.5 Å². The van der Waals surface area contributed by atoms with Crippen molar-refractivity contribution in [1.29, 1.82) is 0 Å². The van der Waals surface area contributed by atoms with E-state index in [4.69, 9.17) is 0 Å². The van der Waals surface area contributed by atoms with Gasteiger partial charge in [-0.3, -0.25) is 4.79 Å². The minimum atomic E-state index is -1.40. The molecule has 2 fully saturated rings. The van der Waals surface area contributed by atoms with Crippen molar-refractivity contribution in [3.8, 4) is 0 Å². The summed E-state index contributed by atoms with van der Waals surface area (Å²) in [5.41, 5.74) is -1.93. The molecule has 1 saturated heterocycles. The molecule has 1 unspecified atom stereocenters. The second-order valence-corrected chi connectivity index (χ2v) is 8.37. The molecule has 8 heteroatoms. The lowest BCUT2D eigenvalue weighted by Crippen LogP contribution is -2.28. The van der Waals surface area contributed by atoms with Crippen LogP contribution in [0, 0.1) is 17.6 Å². The SMILES string of the molecule is CCNCC1CCN(c2c(F)cc3c(=O)c(C(=O)O)cn(C4(C)CC4)c3c2F)C1. The smallest absolute Gasteiger partial charge is 0.341 e. The monoisotopic (exact) mass is 405 g/mol. The third-order valence-electron chi connectivity index (χ3n) is 6.23. The number of rotatable bonds is 6. The van der Waals surface area contributed by atoms with Crippen LogP contribution < -0.4 is 15.6 Å². The molecular formula is C21H25F2N3O3. The fraction of sp³-hybridized carbons (Fsp3) is 0.524. The molecule has 156 valence electrons. The molecule has 29 heavy (non-hydrogen) atoms. The van der Waals surface area contributed by atoms with Crippen molar-refractivity contribution in [2.75, 3.05) is 31.1 Å². The number of nitrogens with one attached hydrogen (secondary N) is 1. The Morgan fingerprint density at radius 1 is 1.38 bits per heavy atom. The Hall–Kier alpha value is -2.48. The summed E-state index contributed by atoms with van der Waals surface area (Å²) in [6.07, 6.45) is 3.52. The first-order chi connectivity index (χ1) is 13.8. The molecule has 6 nitrogen and oxygen atoms in total. The van der Waals surface area contributed by atoms with Crippen LogP contribution in [0.5, 0.6) is 0 Å². The number of benzene rings is 1. The van der Waals surface area contributed by atoms with Gasteiger partial charge < -0.3 is 19.9 Å². The molecule has 1 atom stereocenters. The molecule has 1 aromatic heterocycles. The highest BCUT2D eigenvalue weighted by Crippen LogP contribution is 2.45. The summed E-state index contributed by atoms with van der Waals surface area (Å²) >= 11 is 0. The summed E-state index contributed by atoms with van der Waals surface area (Å²) in [6, 6.07) is 1.00. The van der Waals surface area contributed by atoms with Crippen molar-refractivity contribution in [1.82, 2.24) is 9.88 Å². The zero-order valence-corrected chi connectivity index (χ0v) is 16.6. The predicted molar refractivity (Wildman–Crippen MR) is 107 cm³/mol. The van der Waals surface area contributed by atoms with E-state index in [1.807, 2.05) is 13.8 Å². The first kappa shape index (κ1) is 19.8. The van der Waals surface area contributed by atoms with Crippen LogP contribution in [0.2, 0.25) is 0 Å². The van der Waals surface area contributed by atoms with Gasteiger partial charge >= 0.3 is 5.97 Å². The standard InChI is InChI=1S/C21H25F2N3O3/c1-3-24-9-12-4-7-25(10-12)18-15(22)8-13-17(16(18)23)26(21(2)5-6-21)11-14(19(13)27)20(28)29/h8,11-12,24H,3-7,9-10H2,1-2H3,(H,28,29). The molecule has 0 amide bonds. The number of carboxylic acid groups (broad SMARTS) is 1. The van der Waals surface area contributed by atoms with E-state index in [1.165, 1.54) is 10.8 Å². The Kier molecular flexibility index (Phi) is 4.85. The first-order valence-electron chi connectivity index (χ1n) is 10.0. The van der Waals surface area contributed by atoms with Crippen molar-refractivity contribution in [3.05, 3.63) is 39.7 Å². The predicted octanol–water partition coefficient (Wildman–Crippen LogP) is 2.92. The van der Waals surface area contributed by atoms with Gasteiger partial charge in [-0.05, 0) is 51.3 Å². The second-order valence-electron chi connectivity index (χ2n) is 8.37. The molecule has 1 aliphatic carbocycles. The van der Waals surface area contributed by atoms with E-state index < -0.39 is 34.1 Å². The second kappa shape index (κ2) is 7.09. The fourth-order valence-electron chi connectivity index (χ4n) is 4.25.